The lowest BCUT2D eigenvalue weighted by Gasteiger charge is -2.11. The molecule has 0 unspecified atom stereocenters. The number of primary amides is 1. The van der Waals surface area contributed by atoms with Gasteiger partial charge in [0.1, 0.15) is 5.75 Å². The number of benzene rings is 1. The second-order valence-corrected chi connectivity index (χ2v) is 5.51. The first-order valence-corrected chi connectivity index (χ1v) is 7.72. The molecule has 8 nitrogen and oxygen atoms in total. The van der Waals surface area contributed by atoms with E-state index in [1.54, 1.807) is 7.11 Å². The van der Waals surface area contributed by atoms with Crippen molar-refractivity contribution in [3.05, 3.63) is 30.0 Å². The number of hydrogen-bond acceptors (Lipinski definition) is 4. The molecule has 130 valence electrons. The van der Waals surface area contributed by atoms with Gasteiger partial charge in [-0.2, -0.15) is 0 Å². The Morgan fingerprint density at radius 3 is 2.79 bits per heavy atom. The number of rotatable bonds is 8. The highest BCUT2D eigenvalue weighted by atomic mass is 16.5. The van der Waals surface area contributed by atoms with E-state index in [1.807, 2.05) is 24.3 Å². The van der Waals surface area contributed by atoms with E-state index in [9.17, 15) is 9.59 Å². The lowest BCUT2D eigenvalue weighted by atomic mass is 10.1. The van der Waals surface area contributed by atoms with E-state index < -0.39 is 12.1 Å². The lowest BCUT2D eigenvalue weighted by Crippen LogP contribution is -2.41. The topological polar surface area (TPSA) is 135 Å². The number of nitrogens with one attached hydrogen (secondary N) is 3. The summed E-state index contributed by atoms with van der Waals surface area (Å²) < 4.78 is 5.19. The molecule has 0 saturated heterocycles. The van der Waals surface area contributed by atoms with Crippen molar-refractivity contribution in [2.24, 2.45) is 11.5 Å². The van der Waals surface area contributed by atoms with Crippen LogP contribution in [0.25, 0.3) is 10.9 Å². The van der Waals surface area contributed by atoms with E-state index in [0.717, 1.165) is 22.3 Å². The van der Waals surface area contributed by atoms with Gasteiger partial charge in [0.2, 0.25) is 5.91 Å². The average molecular weight is 333 g/mol. The molecule has 0 fully saturated rings. The van der Waals surface area contributed by atoms with Crippen LogP contribution in [0.4, 0.5) is 4.79 Å². The maximum absolute atomic E-state index is 12.0. The molecular weight excluding hydrogens is 310 g/mol. The number of carbonyl (C=O) groups is 2. The Morgan fingerprint density at radius 2 is 2.08 bits per heavy atom. The zero-order valence-corrected chi connectivity index (χ0v) is 13.6. The summed E-state index contributed by atoms with van der Waals surface area (Å²) in [5.41, 5.74) is 12.6. The standard InChI is InChI=1S/C16H23N5O3/c1-24-12-4-5-14-10(8-12)7-11(21-14)9-20-15(22)13(17)3-2-6-19-16(18)23/h4-5,7-8,13,21H,2-3,6,9,17H2,1H3,(H,20,22)(H3,18,19,23)/t13-/m0/s1. The van der Waals surface area contributed by atoms with Gasteiger partial charge in [0.15, 0.2) is 0 Å². The molecule has 0 bridgehead atoms. The van der Waals surface area contributed by atoms with E-state index in [4.69, 9.17) is 16.2 Å². The number of aromatic nitrogens is 1. The molecule has 3 amide bonds. The van der Waals surface area contributed by atoms with Crippen LogP contribution in [0.15, 0.2) is 24.3 Å². The van der Waals surface area contributed by atoms with Gasteiger partial charge in [0.25, 0.3) is 0 Å². The predicted molar refractivity (Wildman–Crippen MR) is 91.5 cm³/mol. The number of methoxy groups -OCH3 is 1. The Kier molecular flexibility index (Phi) is 6.02. The molecule has 24 heavy (non-hydrogen) atoms. The van der Waals surface area contributed by atoms with Crippen molar-refractivity contribution in [2.75, 3.05) is 13.7 Å². The maximum Gasteiger partial charge on any atom is 0.312 e. The molecular formula is C16H23N5O3. The minimum absolute atomic E-state index is 0.231. The van der Waals surface area contributed by atoms with Crippen molar-refractivity contribution < 1.29 is 14.3 Å². The van der Waals surface area contributed by atoms with Gasteiger partial charge in [-0.25, -0.2) is 4.79 Å². The third-order valence-corrected chi connectivity index (χ3v) is 3.66. The Morgan fingerprint density at radius 1 is 1.29 bits per heavy atom. The highest BCUT2D eigenvalue weighted by molar-refractivity contribution is 5.83. The quantitative estimate of drug-likeness (QED) is 0.451. The van der Waals surface area contributed by atoms with Gasteiger partial charge >= 0.3 is 6.03 Å². The van der Waals surface area contributed by atoms with Crippen LogP contribution < -0.4 is 26.8 Å². The van der Waals surface area contributed by atoms with E-state index in [-0.39, 0.29) is 5.91 Å². The van der Waals surface area contributed by atoms with Crippen LogP contribution in [0, 0.1) is 0 Å². The number of urea groups is 1. The molecule has 0 aliphatic rings. The first kappa shape index (κ1) is 17.6. The van der Waals surface area contributed by atoms with Crippen molar-refractivity contribution in [2.45, 2.75) is 25.4 Å². The van der Waals surface area contributed by atoms with Crippen LogP contribution in [-0.4, -0.2) is 36.6 Å². The van der Waals surface area contributed by atoms with Gasteiger partial charge in [0, 0.05) is 23.1 Å². The normalized spacial score (nSPS) is 11.9. The molecule has 1 aromatic heterocycles. The summed E-state index contributed by atoms with van der Waals surface area (Å²) in [4.78, 5) is 25.8. The van der Waals surface area contributed by atoms with Gasteiger partial charge in [-0.1, -0.05) is 0 Å². The summed E-state index contributed by atoms with van der Waals surface area (Å²) in [6.45, 7) is 0.767. The summed E-state index contributed by atoms with van der Waals surface area (Å²) in [6, 6.07) is 6.48. The monoisotopic (exact) mass is 333 g/mol. The number of ether oxygens (including phenoxy) is 1. The second kappa shape index (κ2) is 8.21. The fourth-order valence-electron chi connectivity index (χ4n) is 2.37. The van der Waals surface area contributed by atoms with Crippen molar-refractivity contribution in [1.82, 2.24) is 15.6 Å². The van der Waals surface area contributed by atoms with Crippen molar-refractivity contribution in [3.8, 4) is 5.75 Å². The Bertz CT molecular complexity index is 713. The molecule has 7 N–H and O–H groups in total. The minimum Gasteiger partial charge on any atom is -0.497 e. The SMILES string of the molecule is COc1ccc2[nH]c(CNC(=O)[C@@H](N)CCCNC(N)=O)cc2c1. The van der Waals surface area contributed by atoms with Crippen LogP contribution in [0.1, 0.15) is 18.5 Å². The fourth-order valence-corrected chi connectivity index (χ4v) is 2.37. The number of nitrogens with two attached hydrogens (primary N) is 2. The smallest absolute Gasteiger partial charge is 0.312 e. The highest BCUT2D eigenvalue weighted by Crippen LogP contribution is 2.21. The molecule has 2 aromatic rings. The maximum atomic E-state index is 12.0. The number of amides is 3. The zero-order chi connectivity index (χ0) is 17.5. The molecule has 0 radical (unpaired) electrons. The Labute approximate surface area is 139 Å². The van der Waals surface area contributed by atoms with Crippen LogP contribution in [0.5, 0.6) is 5.75 Å². The average Bonchev–Trinajstić information content (AvgIpc) is 2.97. The molecule has 0 aliphatic heterocycles. The fraction of sp³-hybridized carbons (Fsp3) is 0.375. The highest BCUT2D eigenvalue weighted by Gasteiger charge is 2.13. The van der Waals surface area contributed by atoms with E-state index in [1.165, 1.54) is 0 Å². The molecule has 0 spiro atoms. The number of H-pyrrole nitrogens is 1. The molecule has 0 saturated carbocycles. The number of hydrogen-bond donors (Lipinski definition) is 5. The summed E-state index contributed by atoms with van der Waals surface area (Å²) >= 11 is 0. The molecule has 1 aromatic carbocycles. The van der Waals surface area contributed by atoms with Gasteiger partial charge in [-0.15, -0.1) is 0 Å². The van der Waals surface area contributed by atoms with E-state index in [2.05, 4.69) is 15.6 Å². The van der Waals surface area contributed by atoms with E-state index in [0.29, 0.717) is 25.9 Å². The minimum atomic E-state index is -0.621. The third-order valence-electron chi connectivity index (χ3n) is 3.66. The summed E-state index contributed by atoms with van der Waals surface area (Å²) in [6.07, 6.45) is 1.06. The van der Waals surface area contributed by atoms with Crippen molar-refractivity contribution in [1.29, 1.82) is 0 Å². The summed E-state index contributed by atoms with van der Waals surface area (Å²) in [5, 5.41) is 6.27. The van der Waals surface area contributed by atoms with E-state index >= 15 is 0 Å². The molecule has 1 heterocycles. The molecule has 1 atom stereocenters. The number of aromatic amines is 1. The van der Waals surface area contributed by atoms with Gasteiger partial charge < -0.3 is 31.8 Å². The molecule has 2 rings (SSSR count). The van der Waals surface area contributed by atoms with Crippen molar-refractivity contribution in [3.63, 3.8) is 0 Å². The molecule has 8 heteroatoms. The van der Waals surface area contributed by atoms with Crippen LogP contribution >= 0.6 is 0 Å². The van der Waals surface area contributed by atoms with Crippen molar-refractivity contribution >= 4 is 22.8 Å². The van der Waals surface area contributed by atoms with Gasteiger partial charge in [-0.3, -0.25) is 4.79 Å². The third kappa shape index (κ3) is 4.88. The van der Waals surface area contributed by atoms with Crippen LogP contribution in [-0.2, 0) is 11.3 Å². The first-order valence-electron chi connectivity index (χ1n) is 7.72. The zero-order valence-electron chi connectivity index (χ0n) is 13.6. The molecule has 0 aliphatic carbocycles. The second-order valence-electron chi connectivity index (χ2n) is 5.51. The summed E-state index contributed by atoms with van der Waals surface area (Å²) in [5.74, 6) is 0.550. The van der Waals surface area contributed by atoms with Crippen LogP contribution in [0.3, 0.4) is 0 Å². The lowest BCUT2D eigenvalue weighted by molar-refractivity contribution is -0.122. The van der Waals surface area contributed by atoms with Gasteiger partial charge in [-0.05, 0) is 37.1 Å². The van der Waals surface area contributed by atoms with Gasteiger partial charge in [0.05, 0.1) is 19.7 Å². The first-order chi connectivity index (χ1) is 11.5. The summed E-state index contributed by atoms with van der Waals surface area (Å²) in [7, 11) is 1.62. The Balaban J connectivity index is 1.81. The predicted octanol–water partition coefficient (Wildman–Crippen LogP) is 0.569. The van der Waals surface area contributed by atoms with Crippen LogP contribution in [0.2, 0.25) is 0 Å². The largest absolute Gasteiger partial charge is 0.497 e. The number of carbonyl (C=O) groups excluding carboxylic acids is 2. The number of fused-ring (bicyclic) bond motifs is 1. The Hall–Kier alpha value is -2.74.